The molecule has 0 radical (unpaired) electrons. The normalized spacial score (nSPS) is 10.5. The number of thiophene rings is 1. The van der Waals surface area contributed by atoms with E-state index in [-0.39, 0.29) is 11.5 Å². The summed E-state index contributed by atoms with van der Waals surface area (Å²) in [6, 6.07) is 5.98. The molecule has 0 aliphatic heterocycles. The third-order valence-electron chi connectivity index (χ3n) is 2.55. The van der Waals surface area contributed by atoms with Gasteiger partial charge in [0.15, 0.2) is 5.78 Å². The number of ketones is 1. The highest BCUT2D eigenvalue weighted by atomic mass is 32.1. The van der Waals surface area contributed by atoms with Crippen molar-refractivity contribution in [2.24, 2.45) is 0 Å². The maximum Gasteiger partial charge on any atom is 0.194 e. The third kappa shape index (κ3) is 2.22. The van der Waals surface area contributed by atoms with Crippen LogP contribution in [0.25, 0.3) is 0 Å². The molecule has 2 N–H and O–H groups in total. The number of anilines is 1. The number of nitrogens with two attached hydrogens (primary N) is 1. The van der Waals surface area contributed by atoms with Crippen molar-refractivity contribution in [2.45, 2.75) is 13.8 Å². The van der Waals surface area contributed by atoms with Gasteiger partial charge in [-0.2, -0.15) is 0 Å². The van der Waals surface area contributed by atoms with Crippen LogP contribution in [-0.2, 0) is 0 Å². The Hall–Kier alpha value is -1.68. The summed E-state index contributed by atoms with van der Waals surface area (Å²) in [5.74, 6) is -0.716. The molecule has 0 saturated carbocycles. The molecule has 1 aromatic heterocycles. The van der Waals surface area contributed by atoms with E-state index in [0.29, 0.717) is 11.1 Å². The van der Waals surface area contributed by atoms with Gasteiger partial charge in [-0.05, 0) is 38.1 Å². The Balaban J connectivity index is 2.44. The average molecular weight is 249 g/mol. The Morgan fingerprint density at radius 3 is 2.53 bits per heavy atom. The SMILES string of the molecule is Cc1cc(C(=O)c2ccc(N)c(F)c2)c(C)s1. The van der Waals surface area contributed by atoms with Crippen LogP contribution in [0.2, 0.25) is 0 Å². The molecule has 2 rings (SSSR count). The van der Waals surface area contributed by atoms with E-state index in [1.165, 1.54) is 12.1 Å². The molecule has 0 fully saturated rings. The Kier molecular flexibility index (Phi) is 2.98. The van der Waals surface area contributed by atoms with Crippen LogP contribution < -0.4 is 5.73 Å². The highest BCUT2D eigenvalue weighted by Gasteiger charge is 2.15. The van der Waals surface area contributed by atoms with E-state index in [2.05, 4.69) is 0 Å². The zero-order valence-electron chi connectivity index (χ0n) is 9.58. The molecule has 0 spiro atoms. The first kappa shape index (κ1) is 11.8. The molecule has 1 aromatic carbocycles. The zero-order chi connectivity index (χ0) is 12.6. The van der Waals surface area contributed by atoms with E-state index in [1.54, 1.807) is 17.4 Å². The summed E-state index contributed by atoms with van der Waals surface area (Å²) in [6.45, 7) is 3.83. The van der Waals surface area contributed by atoms with Crippen molar-refractivity contribution in [1.29, 1.82) is 0 Å². The second-order valence-corrected chi connectivity index (χ2v) is 5.35. The van der Waals surface area contributed by atoms with Crippen molar-refractivity contribution < 1.29 is 9.18 Å². The number of carbonyl (C=O) groups excluding carboxylic acids is 1. The first-order chi connectivity index (χ1) is 7.99. The summed E-state index contributed by atoms with van der Waals surface area (Å²) in [5.41, 5.74) is 6.40. The lowest BCUT2D eigenvalue weighted by Gasteiger charge is -2.02. The van der Waals surface area contributed by atoms with Crippen LogP contribution in [0.3, 0.4) is 0 Å². The van der Waals surface area contributed by atoms with Gasteiger partial charge in [0.2, 0.25) is 0 Å². The maximum atomic E-state index is 13.3. The van der Waals surface area contributed by atoms with Gasteiger partial charge in [0.1, 0.15) is 5.82 Å². The van der Waals surface area contributed by atoms with Gasteiger partial charge in [-0.1, -0.05) is 0 Å². The fourth-order valence-corrected chi connectivity index (χ4v) is 2.60. The molecular weight excluding hydrogens is 237 g/mol. The Labute approximate surface area is 103 Å². The number of carbonyl (C=O) groups is 1. The van der Waals surface area contributed by atoms with E-state index < -0.39 is 5.82 Å². The Morgan fingerprint density at radius 1 is 1.29 bits per heavy atom. The van der Waals surface area contributed by atoms with Crippen molar-refractivity contribution in [3.8, 4) is 0 Å². The van der Waals surface area contributed by atoms with Crippen molar-refractivity contribution in [1.82, 2.24) is 0 Å². The molecule has 0 amide bonds. The Bertz CT molecular complexity index is 589. The van der Waals surface area contributed by atoms with E-state index in [0.717, 1.165) is 9.75 Å². The number of halogens is 1. The fourth-order valence-electron chi connectivity index (χ4n) is 1.68. The molecule has 1 heterocycles. The molecule has 2 nitrogen and oxygen atoms in total. The van der Waals surface area contributed by atoms with Gasteiger partial charge in [0.05, 0.1) is 5.69 Å². The van der Waals surface area contributed by atoms with E-state index in [4.69, 9.17) is 5.73 Å². The summed E-state index contributed by atoms with van der Waals surface area (Å²) in [6.07, 6.45) is 0. The first-order valence-electron chi connectivity index (χ1n) is 5.16. The second-order valence-electron chi connectivity index (χ2n) is 3.89. The summed E-state index contributed by atoms with van der Waals surface area (Å²) in [4.78, 5) is 14.2. The third-order valence-corrected chi connectivity index (χ3v) is 3.51. The molecule has 0 aliphatic rings. The van der Waals surface area contributed by atoms with Gasteiger partial charge >= 0.3 is 0 Å². The van der Waals surface area contributed by atoms with Crippen LogP contribution in [0, 0.1) is 19.7 Å². The Morgan fingerprint density at radius 2 is 2.00 bits per heavy atom. The molecule has 0 unspecified atom stereocenters. The van der Waals surface area contributed by atoms with Crippen LogP contribution in [0.1, 0.15) is 25.7 Å². The largest absolute Gasteiger partial charge is 0.396 e. The molecule has 0 saturated heterocycles. The van der Waals surface area contributed by atoms with Crippen LogP contribution in [0.5, 0.6) is 0 Å². The van der Waals surface area contributed by atoms with Gasteiger partial charge in [-0.3, -0.25) is 4.79 Å². The van der Waals surface area contributed by atoms with Crippen LogP contribution in [0.4, 0.5) is 10.1 Å². The molecular formula is C13H12FNOS. The highest BCUT2D eigenvalue weighted by Crippen LogP contribution is 2.24. The van der Waals surface area contributed by atoms with Gasteiger partial charge in [0, 0.05) is 20.9 Å². The van der Waals surface area contributed by atoms with Gasteiger partial charge < -0.3 is 5.73 Å². The topological polar surface area (TPSA) is 43.1 Å². The minimum atomic E-state index is -0.555. The summed E-state index contributed by atoms with van der Waals surface area (Å²) in [5, 5.41) is 0. The molecule has 17 heavy (non-hydrogen) atoms. The van der Waals surface area contributed by atoms with Gasteiger partial charge in [-0.15, -0.1) is 11.3 Å². The summed E-state index contributed by atoms with van der Waals surface area (Å²) < 4.78 is 13.3. The molecule has 4 heteroatoms. The van der Waals surface area contributed by atoms with Crippen molar-refractivity contribution in [3.63, 3.8) is 0 Å². The smallest absolute Gasteiger partial charge is 0.194 e. The number of hydrogen-bond acceptors (Lipinski definition) is 3. The number of rotatable bonds is 2. The van der Waals surface area contributed by atoms with E-state index >= 15 is 0 Å². The van der Waals surface area contributed by atoms with Crippen LogP contribution in [0.15, 0.2) is 24.3 Å². The molecule has 0 bridgehead atoms. The molecule has 0 aliphatic carbocycles. The van der Waals surface area contributed by atoms with Crippen LogP contribution >= 0.6 is 11.3 Å². The lowest BCUT2D eigenvalue weighted by Crippen LogP contribution is -2.03. The average Bonchev–Trinajstić information content (AvgIpc) is 2.61. The van der Waals surface area contributed by atoms with E-state index in [9.17, 15) is 9.18 Å². The minimum absolute atomic E-state index is 0.0553. The lowest BCUT2D eigenvalue weighted by atomic mass is 10.0. The standard InChI is InChI=1S/C13H12FNOS/c1-7-5-10(8(2)17-7)13(16)9-3-4-12(15)11(14)6-9/h3-6H,15H2,1-2H3. The van der Waals surface area contributed by atoms with Crippen molar-refractivity contribution >= 4 is 22.8 Å². The molecule has 88 valence electrons. The predicted molar refractivity (Wildman–Crippen MR) is 68.0 cm³/mol. The minimum Gasteiger partial charge on any atom is -0.396 e. The van der Waals surface area contributed by atoms with E-state index in [1.807, 2.05) is 19.9 Å². The maximum absolute atomic E-state index is 13.3. The highest BCUT2D eigenvalue weighted by molar-refractivity contribution is 7.12. The predicted octanol–water partition coefficient (Wildman–Crippen LogP) is 3.32. The van der Waals surface area contributed by atoms with Crippen molar-refractivity contribution in [3.05, 3.63) is 51.0 Å². The summed E-state index contributed by atoms with van der Waals surface area (Å²) >= 11 is 1.56. The summed E-state index contributed by atoms with van der Waals surface area (Å²) in [7, 11) is 0. The zero-order valence-corrected chi connectivity index (χ0v) is 10.4. The fraction of sp³-hybridized carbons (Fsp3) is 0.154. The number of aryl methyl sites for hydroxylation is 2. The molecule has 2 aromatic rings. The first-order valence-corrected chi connectivity index (χ1v) is 5.97. The van der Waals surface area contributed by atoms with Crippen molar-refractivity contribution in [2.75, 3.05) is 5.73 Å². The van der Waals surface area contributed by atoms with Gasteiger partial charge in [-0.25, -0.2) is 4.39 Å². The second kappa shape index (κ2) is 4.30. The monoisotopic (exact) mass is 249 g/mol. The molecule has 0 atom stereocenters. The van der Waals surface area contributed by atoms with Gasteiger partial charge in [0.25, 0.3) is 0 Å². The number of nitrogen functional groups attached to an aromatic ring is 1. The lowest BCUT2D eigenvalue weighted by molar-refractivity contribution is 0.103. The quantitative estimate of drug-likeness (QED) is 0.655. The number of benzene rings is 1. The van der Waals surface area contributed by atoms with Crippen LogP contribution in [-0.4, -0.2) is 5.78 Å². The number of hydrogen-bond donors (Lipinski definition) is 1.